The van der Waals surface area contributed by atoms with E-state index in [1.807, 2.05) is 48.5 Å². The molecule has 2 aromatic carbocycles. The van der Waals surface area contributed by atoms with E-state index in [0.717, 1.165) is 26.9 Å². The highest BCUT2D eigenvalue weighted by Crippen LogP contribution is 2.35. The van der Waals surface area contributed by atoms with E-state index >= 15 is 0 Å². The minimum Gasteiger partial charge on any atom is -0.399 e. The van der Waals surface area contributed by atoms with E-state index in [2.05, 4.69) is 0 Å². The molecule has 3 rings (SSSR count). The number of anilines is 1. The molecule has 1 aromatic heterocycles. The topological polar surface area (TPSA) is 69.1 Å². The molecule has 0 atom stereocenters. The summed E-state index contributed by atoms with van der Waals surface area (Å²) in [4.78, 5) is 11.9. The Hall–Kier alpha value is -2.04. The minimum absolute atomic E-state index is 0. The van der Waals surface area contributed by atoms with Crippen LogP contribution >= 0.6 is 23.7 Å². The first-order chi connectivity index (χ1) is 9.15. The fourth-order valence-electron chi connectivity index (χ4n) is 2.12. The number of carbonyl (C=O) groups is 1. The maximum atomic E-state index is 11.3. The SMILES string of the molecule is Cl.NC(=O)c1cc2cccc(-c3cccc(N)c3)c2s1. The molecule has 0 aliphatic rings. The summed E-state index contributed by atoms with van der Waals surface area (Å²) in [5.74, 6) is -0.389. The Bertz CT molecular complexity index is 782. The van der Waals surface area contributed by atoms with Gasteiger partial charge in [-0.2, -0.15) is 0 Å². The molecule has 0 saturated heterocycles. The predicted molar refractivity (Wildman–Crippen MR) is 87.4 cm³/mol. The Balaban J connectivity index is 0.00000147. The largest absolute Gasteiger partial charge is 0.399 e. The van der Waals surface area contributed by atoms with Gasteiger partial charge in [0.25, 0.3) is 5.91 Å². The number of benzene rings is 2. The van der Waals surface area contributed by atoms with E-state index in [0.29, 0.717) is 4.88 Å². The Morgan fingerprint density at radius 3 is 2.50 bits per heavy atom. The van der Waals surface area contributed by atoms with Crippen molar-refractivity contribution in [2.45, 2.75) is 0 Å². The number of primary amides is 1. The zero-order chi connectivity index (χ0) is 13.4. The molecule has 102 valence electrons. The second kappa shape index (κ2) is 5.53. The van der Waals surface area contributed by atoms with Gasteiger partial charge in [0.05, 0.1) is 4.88 Å². The first-order valence-corrected chi connectivity index (χ1v) is 6.65. The fourth-order valence-corrected chi connectivity index (χ4v) is 3.17. The molecule has 1 amide bonds. The monoisotopic (exact) mass is 304 g/mol. The summed E-state index contributed by atoms with van der Waals surface area (Å²) < 4.78 is 1.06. The summed E-state index contributed by atoms with van der Waals surface area (Å²) in [5, 5.41) is 1.03. The van der Waals surface area contributed by atoms with Crippen molar-refractivity contribution in [1.29, 1.82) is 0 Å². The number of nitrogens with two attached hydrogens (primary N) is 2. The molecule has 3 nitrogen and oxygen atoms in total. The van der Waals surface area contributed by atoms with Crippen LogP contribution in [0, 0.1) is 0 Å². The van der Waals surface area contributed by atoms with Crippen molar-refractivity contribution in [3.05, 3.63) is 53.4 Å². The van der Waals surface area contributed by atoms with Gasteiger partial charge in [0.1, 0.15) is 0 Å². The van der Waals surface area contributed by atoms with E-state index in [4.69, 9.17) is 11.5 Å². The van der Waals surface area contributed by atoms with E-state index in [9.17, 15) is 4.79 Å². The van der Waals surface area contributed by atoms with Gasteiger partial charge >= 0.3 is 0 Å². The molecule has 1 heterocycles. The van der Waals surface area contributed by atoms with Crippen LogP contribution in [0.1, 0.15) is 9.67 Å². The quantitative estimate of drug-likeness (QED) is 0.709. The van der Waals surface area contributed by atoms with Gasteiger partial charge < -0.3 is 11.5 Å². The summed E-state index contributed by atoms with van der Waals surface area (Å²) in [7, 11) is 0. The van der Waals surface area contributed by atoms with Crippen molar-refractivity contribution in [3.8, 4) is 11.1 Å². The smallest absolute Gasteiger partial charge is 0.258 e. The van der Waals surface area contributed by atoms with E-state index in [1.54, 1.807) is 0 Å². The first kappa shape index (κ1) is 14.4. The maximum absolute atomic E-state index is 11.3. The van der Waals surface area contributed by atoms with Crippen LogP contribution in [-0.2, 0) is 0 Å². The first-order valence-electron chi connectivity index (χ1n) is 5.83. The number of hydrogen-bond acceptors (Lipinski definition) is 3. The van der Waals surface area contributed by atoms with E-state index in [-0.39, 0.29) is 18.3 Å². The van der Waals surface area contributed by atoms with E-state index in [1.165, 1.54) is 11.3 Å². The lowest BCUT2D eigenvalue weighted by atomic mass is 10.0. The van der Waals surface area contributed by atoms with Crippen LogP contribution < -0.4 is 11.5 Å². The van der Waals surface area contributed by atoms with Crippen molar-refractivity contribution < 1.29 is 4.79 Å². The van der Waals surface area contributed by atoms with Crippen molar-refractivity contribution >= 4 is 45.4 Å². The average Bonchev–Trinajstić information content (AvgIpc) is 2.82. The summed E-state index contributed by atoms with van der Waals surface area (Å²) in [6.45, 7) is 0. The summed E-state index contributed by atoms with van der Waals surface area (Å²) in [5.41, 5.74) is 14.0. The highest BCUT2D eigenvalue weighted by molar-refractivity contribution is 7.21. The third-order valence-corrected chi connectivity index (χ3v) is 4.18. The van der Waals surface area contributed by atoms with Gasteiger partial charge in [-0.25, -0.2) is 0 Å². The number of hydrogen-bond donors (Lipinski definition) is 2. The lowest BCUT2D eigenvalue weighted by molar-refractivity contribution is 0.100. The Morgan fingerprint density at radius 1 is 1.05 bits per heavy atom. The number of halogens is 1. The molecule has 3 aromatic rings. The van der Waals surface area contributed by atoms with Crippen molar-refractivity contribution in [2.75, 3.05) is 5.73 Å². The molecule has 0 spiro atoms. The molecule has 0 aliphatic carbocycles. The molecule has 0 radical (unpaired) electrons. The summed E-state index contributed by atoms with van der Waals surface area (Å²) in [6, 6.07) is 15.5. The Kier molecular flexibility index (Phi) is 3.97. The molecular formula is C15H13ClN2OS. The maximum Gasteiger partial charge on any atom is 0.258 e. The van der Waals surface area contributed by atoms with Gasteiger partial charge in [-0.1, -0.05) is 30.3 Å². The second-order valence-corrected chi connectivity index (χ2v) is 5.38. The molecule has 4 N–H and O–H groups in total. The number of fused-ring (bicyclic) bond motifs is 1. The van der Waals surface area contributed by atoms with Gasteiger partial charge in [-0.15, -0.1) is 23.7 Å². The van der Waals surface area contributed by atoms with Gasteiger partial charge in [0, 0.05) is 10.4 Å². The highest BCUT2D eigenvalue weighted by atomic mass is 35.5. The third-order valence-electron chi connectivity index (χ3n) is 2.98. The molecular weight excluding hydrogens is 292 g/mol. The zero-order valence-electron chi connectivity index (χ0n) is 10.5. The molecule has 0 unspecified atom stereocenters. The molecule has 5 heteroatoms. The van der Waals surface area contributed by atoms with Crippen molar-refractivity contribution in [2.24, 2.45) is 5.73 Å². The van der Waals surface area contributed by atoms with Crippen LogP contribution in [0.25, 0.3) is 21.2 Å². The Morgan fingerprint density at radius 2 is 1.80 bits per heavy atom. The van der Waals surface area contributed by atoms with Crippen LogP contribution in [0.2, 0.25) is 0 Å². The van der Waals surface area contributed by atoms with E-state index < -0.39 is 0 Å². The van der Waals surface area contributed by atoms with Crippen LogP contribution in [0.3, 0.4) is 0 Å². The lowest BCUT2D eigenvalue weighted by Gasteiger charge is -2.04. The fraction of sp³-hybridized carbons (Fsp3) is 0. The Labute approximate surface area is 126 Å². The highest BCUT2D eigenvalue weighted by Gasteiger charge is 2.10. The third kappa shape index (κ3) is 2.48. The van der Waals surface area contributed by atoms with Gasteiger partial charge in [0.15, 0.2) is 0 Å². The number of carbonyl (C=O) groups excluding carboxylic acids is 1. The van der Waals surface area contributed by atoms with Crippen molar-refractivity contribution in [1.82, 2.24) is 0 Å². The predicted octanol–water partition coefficient (Wildman–Crippen LogP) is 3.67. The summed E-state index contributed by atoms with van der Waals surface area (Å²) >= 11 is 1.42. The van der Waals surface area contributed by atoms with Crippen LogP contribution in [0.4, 0.5) is 5.69 Å². The minimum atomic E-state index is -0.389. The zero-order valence-corrected chi connectivity index (χ0v) is 12.1. The van der Waals surface area contributed by atoms with Gasteiger partial charge in [-0.3, -0.25) is 4.79 Å². The molecule has 0 fully saturated rings. The average molecular weight is 305 g/mol. The number of amides is 1. The number of thiophene rings is 1. The second-order valence-electron chi connectivity index (χ2n) is 4.32. The van der Waals surface area contributed by atoms with Crippen molar-refractivity contribution in [3.63, 3.8) is 0 Å². The lowest BCUT2D eigenvalue weighted by Crippen LogP contribution is -2.07. The standard InChI is InChI=1S/C15H12N2OS.ClH/c16-11-5-1-3-9(7-11)12-6-2-4-10-8-13(15(17)18)19-14(10)12;/h1-8H,16H2,(H2,17,18);1H. The van der Waals surface area contributed by atoms with Gasteiger partial charge in [-0.05, 0) is 34.7 Å². The summed E-state index contributed by atoms with van der Waals surface area (Å²) in [6.07, 6.45) is 0. The van der Waals surface area contributed by atoms with Crippen LogP contribution in [0.15, 0.2) is 48.5 Å². The molecule has 0 saturated carbocycles. The molecule has 20 heavy (non-hydrogen) atoms. The number of nitrogen functional groups attached to an aromatic ring is 1. The number of rotatable bonds is 2. The van der Waals surface area contributed by atoms with Gasteiger partial charge in [0.2, 0.25) is 0 Å². The van der Waals surface area contributed by atoms with Crippen LogP contribution in [-0.4, -0.2) is 5.91 Å². The van der Waals surface area contributed by atoms with Crippen LogP contribution in [0.5, 0.6) is 0 Å². The normalized spacial score (nSPS) is 10.2. The molecule has 0 bridgehead atoms. The molecule has 0 aliphatic heterocycles.